The monoisotopic (exact) mass is 398 g/mol. The first-order chi connectivity index (χ1) is 13.7. The minimum absolute atomic E-state index is 0.257. The van der Waals surface area contributed by atoms with Crippen LogP contribution in [0.5, 0.6) is 0 Å². The van der Waals surface area contributed by atoms with Gasteiger partial charge in [-0.1, -0.05) is 18.7 Å². The van der Waals surface area contributed by atoms with E-state index in [1.807, 2.05) is 0 Å². The molecule has 1 heterocycles. The van der Waals surface area contributed by atoms with Crippen LogP contribution in [-0.4, -0.2) is 39.1 Å². The van der Waals surface area contributed by atoms with E-state index in [2.05, 4.69) is 16.9 Å². The second kappa shape index (κ2) is 9.36. The molecular weight excluding hydrogens is 376 g/mol. The Morgan fingerprint density at radius 1 is 1.07 bits per heavy atom. The second-order valence-electron chi connectivity index (χ2n) is 6.49. The van der Waals surface area contributed by atoms with E-state index in [1.54, 1.807) is 36.4 Å². The maximum atomic E-state index is 12.3. The summed E-state index contributed by atoms with van der Waals surface area (Å²) in [6, 6.07) is 8.56. The zero-order chi connectivity index (χ0) is 21.6. The van der Waals surface area contributed by atoms with Gasteiger partial charge in [0.25, 0.3) is 5.91 Å². The molecule has 0 fully saturated rings. The van der Waals surface area contributed by atoms with Gasteiger partial charge in [-0.2, -0.15) is 0 Å². The molecule has 1 amide bonds. The van der Waals surface area contributed by atoms with Crippen molar-refractivity contribution in [1.82, 2.24) is 10.3 Å². The van der Waals surface area contributed by atoms with Crippen LogP contribution in [0, 0.1) is 0 Å². The Hall–Kier alpha value is -3.88. The number of nitrogens with one attached hydrogen (secondary N) is 1. The lowest BCUT2D eigenvalue weighted by Gasteiger charge is -2.14. The van der Waals surface area contributed by atoms with Gasteiger partial charge in [-0.3, -0.25) is 4.79 Å². The molecule has 0 saturated carbocycles. The number of aliphatic carboxylic acids is 2. The van der Waals surface area contributed by atoms with Crippen LogP contribution in [0.15, 0.2) is 48.6 Å². The van der Waals surface area contributed by atoms with Crippen molar-refractivity contribution in [2.45, 2.75) is 25.3 Å². The molecule has 1 atom stereocenters. The third kappa shape index (κ3) is 6.35. The number of benzene rings is 1. The number of nitrogens with zero attached hydrogens (tertiary/aromatic N) is 1. The van der Waals surface area contributed by atoms with Crippen molar-refractivity contribution < 1.29 is 24.6 Å². The molecule has 9 heteroatoms. The Morgan fingerprint density at radius 3 is 2.28 bits per heavy atom. The molecule has 0 aliphatic carbocycles. The minimum Gasteiger partial charge on any atom is -0.480 e. The normalized spacial score (nSPS) is 11.4. The van der Waals surface area contributed by atoms with Gasteiger partial charge in [0.2, 0.25) is 0 Å². The zero-order valence-electron chi connectivity index (χ0n) is 15.6. The number of carbonyl (C=O) groups excluding carboxylic acids is 1. The fraction of sp³-hybridized carbons (Fsp3) is 0.200. The van der Waals surface area contributed by atoms with Crippen molar-refractivity contribution in [1.29, 1.82) is 0 Å². The Kier molecular flexibility index (Phi) is 6.91. The lowest BCUT2D eigenvalue weighted by Crippen LogP contribution is -2.41. The minimum atomic E-state index is -1.38. The SMILES string of the molecule is C=C(CC(NC(=O)c1ccc(CCc2cc(N)cc(N)n2)cc1)C(=O)O)C(=O)O. The lowest BCUT2D eigenvalue weighted by molar-refractivity contribution is -0.139. The Balaban J connectivity index is 1.99. The maximum Gasteiger partial charge on any atom is 0.331 e. The van der Waals surface area contributed by atoms with Gasteiger partial charge in [0, 0.05) is 35.0 Å². The van der Waals surface area contributed by atoms with Crippen molar-refractivity contribution in [3.63, 3.8) is 0 Å². The quantitative estimate of drug-likeness (QED) is 0.393. The van der Waals surface area contributed by atoms with Crippen molar-refractivity contribution in [3.05, 3.63) is 65.4 Å². The molecule has 9 nitrogen and oxygen atoms in total. The molecule has 7 N–H and O–H groups in total. The number of carboxylic acid groups (broad SMARTS) is 2. The number of carboxylic acids is 2. The lowest BCUT2D eigenvalue weighted by atomic mass is 10.0. The van der Waals surface area contributed by atoms with E-state index >= 15 is 0 Å². The summed E-state index contributed by atoms with van der Waals surface area (Å²) >= 11 is 0. The first-order valence-corrected chi connectivity index (χ1v) is 8.71. The Bertz CT molecular complexity index is 920. The highest BCUT2D eigenvalue weighted by Gasteiger charge is 2.23. The number of carbonyl (C=O) groups is 3. The van der Waals surface area contributed by atoms with E-state index in [-0.39, 0.29) is 11.1 Å². The number of nitrogens with two attached hydrogens (primary N) is 2. The van der Waals surface area contributed by atoms with Crippen molar-refractivity contribution in [2.75, 3.05) is 11.5 Å². The average molecular weight is 398 g/mol. The largest absolute Gasteiger partial charge is 0.480 e. The van der Waals surface area contributed by atoms with Gasteiger partial charge in [-0.05, 0) is 36.6 Å². The summed E-state index contributed by atoms with van der Waals surface area (Å²) in [6.07, 6.45) is 0.859. The smallest absolute Gasteiger partial charge is 0.331 e. The first-order valence-electron chi connectivity index (χ1n) is 8.71. The predicted molar refractivity (Wildman–Crippen MR) is 107 cm³/mol. The van der Waals surface area contributed by atoms with Gasteiger partial charge in [-0.25, -0.2) is 14.6 Å². The molecule has 29 heavy (non-hydrogen) atoms. The number of hydrogen-bond acceptors (Lipinski definition) is 6. The number of rotatable bonds is 9. The fourth-order valence-electron chi connectivity index (χ4n) is 2.63. The number of amides is 1. The number of aryl methyl sites for hydroxylation is 2. The second-order valence-corrected chi connectivity index (χ2v) is 6.49. The molecule has 152 valence electrons. The molecule has 2 rings (SSSR count). The van der Waals surface area contributed by atoms with E-state index < -0.39 is 30.3 Å². The van der Waals surface area contributed by atoms with Crippen LogP contribution in [0.1, 0.15) is 28.0 Å². The molecule has 0 saturated heterocycles. The summed E-state index contributed by atoms with van der Waals surface area (Å²) in [5, 5.41) is 20.3. The highest BCUT2D eigenvalue weighted by molar-refractivity contribution is 5.97. The van der Waals surface area contributed by atoms with E-state index in [9.17, 15) is 19.5 Å². The van der Waals surface area contributed by atoms with Gasteiger partial charge in [0.15, 0.2) is 0 Å². The molecule has 0 bridgehead atoms. The van der Waals surface area contributed by atoms with Gasteiger partial charge in [0.05, 0.1) is 0 Å². The molecule has 1 aromatic carbocycles. The van der Waals surface area contributed by atoms with Crippen LogP contribution in [-0.2, 0) is 22.4 Å². The summed E-state index contributed by atoms with van der Waals surface area (Å²) in [7, 11) is 0. The topological polar surface area (TPSA) is 169 Å². The summed E-state index contributed by atoms with van der Waals surface area (Å²) in [6.45, 7) is 3.29. The van der Waals surface area contributed by atoms with Crippen LogP contribution in [0.3, 0.4) is 0 Å². The van der Waals surface area contributed by atoms with E-state index in [0.29, 0.717) is 24.3 Å². The number of nitrogen functional groups attached to an aromatic ring is 2. The molecule has 0 spiro atoms. The van der Waals surface area contributed by atoms with E-state index in [0.717, 1.165) is 11.3 Å². The third-order valence-corrected chi connectivity index (χ3v) is 4.16. The predicted octanol–water partition coefficient (Wildman–Crippen LogP) is 1.25. The van der Waals surface area contributed by atoms with Gasteiger partial charge >= 0.3 is 11.9 Å². The molecule has 1 aromatic heterocycles. The van der Waals surface area contributed by atoms with E-state index in [4.69, 9.17) is 16.6 Å². The average Bonchev–Trinajstić information content (AvgIpc) is 2.65. The molecule has 2 aromatic rings. The number of aromatic nitrogens is 1. The summed E-state index contributed by atoms with van der Waals surface area (Å²) < 4.78 is 0. The Labute approximate surface area is 167 Å². The van der Waals surface area contributed by atoms with Crippen molar-refractivity contribution >= 4 is 29.4 Å². The van der Waals surface area contributed by atoms with Gasteiger partial charge < -0.3 is 27.0 Å². The van der Waals surface area contributed by atoms with Gasteiger partial charge in [-0.15, -0.1) is 0 Å². The van der Waals surface area contributed by atoms with Gasteiger partial charge in [0.1, 0.15) is 11.9 Å². The standard InChI is InChI=1S/C20H22N4O5/c1-11(19(26)27)8-16(20(28)29)24-18(25)13-5-2-12(3-6-13)4-7-15-9-14(21)10-17(22)23-15/h2-3,5-6,9-10,16H,1,4,7-8H2,(H,24,25)(H,26,27)(H,28,29)(H4,21,22,23). The van der Waals surface area contributed by atoms with Crippen LogP contribution < -0.4 is 16.8 Å². The molecule has 0 aliphatic heterocycles. The van der Waals surface area contributed by atoms with Crippen LogP contribution in [0.4, 0.5) is 11.5 Å². The number of anilines is 2. The fourth-order valence-corrected chi connectivity index (χ4v) is 2.63. The number of hydrogen-bond donors (Lipinski definition) is 5. The summed E-state index contributed by atoms with van der Waals surface area (Å²) in [5.74, 6) is -2.92. The van der Waals surface area contributed by atoms with Crippen molar-refractivity contribution in [3.8, 4) is 0 Å². The van der Waals surface area contributed by atoms with Crippen LogP contribution >= 0.6 is 0 Å². The molecule has 0 radical (unpaired) electrons. The molecule has 0 aliphatic rings. The zero-order valence-corrected chi connectivity index (χ0v) is 15.6. The summed E-state index contributed by atoms with van der Waals surface area (Å²) in [5.41, 5.74) is 13.6. The highest BCUT2D eigenvalue weighted by Crippen LogP contribution is 2.13. The molecular formula is C20H22N4O5. The highest BCUT2D eigenvalue weighted by atomic mass is 16.4. The Morgan fingerprint density at radius 2 is 1.72 bits per heavy atom. The van der Waals surface area contributed by atoms with Crippen molar-refractivity contribution in [2.24, 2.45) is 0 Å². The first kappa shape index (κ1) is 21.4. The van der Waals surface area contributed by atoms with Crippen LogP contribution in [0.2, 0.25) is 0 Å². The summed E-state index contributed by atoms with van der Waals surface area (Å²) in [4.78, 5) is 38.6. The maximum absolute atomic E-state index is 12.3. The van der Waals surface area contributed by atoms with E-state index in [1.165, 1.54) is 0 Å². The molecule has 1 unspecified atom stereocenters. The van der Waals surface area contributed by atoms with Crippen LogP contribution in [0.25, 0.3) is 0 Å². The number of pyridine rings is 1. The third-order valence-electron chi connectivity index (χ3n) is 4.16.